The van der Waals surface area contributed by atoms with E-state index in [0.717, 1.165) is 31.2 Å². The van der Waals surface area contributed by atoms with Crippen LogP contribution in [0.25, 0.3) is 0 Å². The molecular weight excluding hydrogens is 264 g/mol. The van der Waals surface area contributed by atoms with Gasteiger partial charge in [0.25, 0.3) is 0 Å². The third kappa shape index (κ3) is 5.50. The number of aromatic nitrogens is 2. The molecule has 1 aliphatic heterocycles. The number of imidazole rings is 1. The van der Waals surface area contributed by atoms with Gasteiger partial charge in [-0.3, -0.25) is 4.79 Å². The van der Waals surface area contributed by atoms with Gasteiger partial charge in [-0.1, -0.05) is 19.3 Å². The zero-order valence-electron chi connectivity index (χ0n) is 13.4. The Labute approximate surface area is 127 Å². The monoisotopic (exact) mass is 292 g/mol. The first-order valence-electron chi connectivity index (χ1n) is 8.12. The van der Waals surface area contributed by atoms with Gasteiger partial charge in [0.05, 0.1) is 6.54 Å². The number of hydrogen-bond donors (Lipinski definition) is 1. The molecule has 0 unspecified atom stereocenters. The number of likely N-dealkylation sites (tertiary alicyclic amines) is 1. The van der Waals surface area contributed by atoms with Crippen LogP contribution in [0.15, 0.2) is 6.20 Å². The van der Waals surface area contributed by atoms with Crippen molar-refractivity contribution in [3.8, 4) is 0 Å². The normalized spacial score (nSPS) is 17.2. The van der Waals surface area contributed by atoms with Crippen molar-refractivity contribution in [2.75, 3.05) is 26.7 Å². The molecule has 1 fully saturated rings. The summed E-state index contributed by atoms with van der Waals surface area (Å²) >= 11 is 0. The van der Waals surface area contributed by atoms with E-state index < -0.39 is 0 Å². The fourth-order valence-electron chi connectivity index (χ4n) is 2.84. The Bertz CT molecular complexity index is 435. The lowest BCUT2D eigenvalue weighted by Gasteiger charge is -2.25. The van der Waals surface area contributed by atoms with Crippen LogP contribution in [0, 0.1) is 6.92 Å². The molecule has 0 saturated carbocycles. The van der Waals surface area contributed by atoms with Crippen molar-refractivity contribution in [2.45, 2.75) is 52.0 Å². The third-order valence-corrected chi connectivity index (χ3v) is 4.16. The summed E-state index contributed by atoms with van der Waals surface area (Å²) in [6.07, 6.45) is 9.00. The van der Waals surface area contributed by atoms with Crippen LogP contribution in [-0.4, -0.2) is 52.4 Å². The number of aryl methyl sites for hydroxylation is 1. The van der Waals surface area contributed by atoms with E-state index in [-0.39, 0.29) is 5.91 Å². The van der Waals surface area contributed by atoms with Crippen LogP contribution >= 0.6 is 0 Å². The Morgan fingerprint density at radius 1 is 1.29 bits per heavy atom. The zero-order valence-corrected chi connectivity index (χ0v) is 13.4. The van der Waals surface area contributed by atoms with Crippen molar-refractivity contribution in [3.63, 3.8) is 0 Å². The summed E-state index contributed by atoms with van der Waals surface area (Å²) in [6.45, 7) is 5.72. The van der Waals surface area contributed by atoms with E-state index in [4.69, 9.17) is 0 Å². The summed E-state index contributed by atoms with van der Waals surface area (Å²) in [6, 6.07) is 0. The van der Waals surface area contributed by atoms with Gasteiger partial charge in [-0.15, -0.1) is 0 Å². The number of carbonyl (C=O) groups excluding carboxylic acids is 1. The van der Waals surface area contributed by atoms with Crippen LogP contribution in [0.4, 0.5) is 0 Å². The molecule has 0 aromatic carbocycles. The van der Waals surface area contributed by atoms with Crippen molar-refractivity contribution in [1.29, 1.82) is 0 Å². The highest BCUT2D eigenvalue weighted by atomic mass is 16.2. The van der Waals surface area contributed by atoms with E-state index in [1.807, 2.05) is 14.0 Å². The largest absolute Gasteiger partial charge is 0.345 e. The van der Waals surface area contributed by atoms with E-state index in [1.165, 1.54) is 32.1 Å². The van der Waals surface area contributed by atoms with E-state index in [0.29, 0.717) is 13.0 Å². The van der Waals surface area contributed by atoms with Gasteiger partial charge in [0, 0.05) is 31.9 Å². The SMILES string of the molecule is Cc1cnc(CN(C)C(=O)CCN2CCCCCCC2)[nH]1. The Balaban J connectivity index is 1.72. The van der Waals surface area contributed by atoms with Crippen LogP contribution < -0.4 is 0 Å². The maximum absolute atomic E-state index is 12.2. The second kappa shape index (κ2) is 8.17. The number of H-pyrrole nitrogens is 1. The fourth-order valence-corrected chi connectivity index (χ4v) is 2.84. The van der Waals surface area contributed by atoms with Crippen LogP contribution in [0.2, 0.25) is 0 Å². The van der Waals surface area contributed by atoms with Gasteiger partial charge in [-0.25, -0.2) is 4.98 Å². The summed E-state index contributed by atoms with van der Waals surface area (Å²) in [5.41, 5.74) is 1.03. The van der Waals surface area contributed by atoms with E-state index >= 15 is 0 Å². The summed E-state index contributed by atoms with van der Waals surface area (Å²) in [7, 11) is 1.85. The molecule has 0 aliphatic carbocycles. The molecule has 1 aliphatic rings. The molecule has 21 heavy (non-hydrogen) atoms. The first kappa shape index (κ1) is 16.0. The van der Waals surface area contributed by atoms with Gasteiger partial charge in [0.1, 0.15) is 5.82 Å². The molecule has 1 saturated heterocycles. The molecule has 5 heteroatoms. The molecule has 1 aromatic rings. The highest BCUT2D eigenvalue weighted by Gasteiger charge is 2.14. The number of amides is 1. The Kier molecular flexibility index (Phi) is 6.23. The van der Waals surface area contributed by atoms with E-state index in [9.17, 15) is 4.79 Å². The Hall–Kier alpha value is -1.36. The van der Waals surface area contributed by atoms with Crippen molar-refractivity contribution in [1.82, 2.24) is 19.8 Å². The lowest BCUT2D eigenvalue weighted by atomic mass is 10.1. The standard InChI is InChI=1S/C16H28N4O/c1-14-12-17-15(18-14)13-19(2)16(21)8-11-20-9-6-4-3-5-7-10-20/h12H,3-11,13H2,1-2H3,(H,17,18). The molecule has 1 amide bonds. The van der Waals surface area contributed by atoms with Gasteiger partial charge in [0.15, 0.2) is 0 Å². The molecule has 2 heterocycles. The van der Waals surface area contributed by atoms with Crippen molar-refractivity contribution < 1.29 is 4.79 Å². The number of nitrogens with one attached hydrogen (secondary N) is 1. The molecule has 0 bridgehead atoms. The first-order valence-corrected chi connectivity index (χ1v) is 8.12. The van der Waals surface area contributed by atoms with Crippen LogP contribution in [-0.2, 0) is 11.3 Å². The number of hydrogen-bond acceptors (Lipinski definition) is 3. The van der Waals surface area contributed by atoms with Crippen LogP contribution in [0.1, 0.15) is 50.0 Å². The first-order chi connectivity index (χ1) is 10.1. The zero-order chi connectivity index (χ0) is 15.1. The van der Waals surface area contributed by atoms with Gasteiger partial charge < -0.3 is 14.8 Å². The lowest BCUT2D eigenvalue weighted by Crippen LogP contribution is -2.33. The molecule has 2 rings (SSSR count). The molecular formula is C16H28N4O. The summed E-state index contributed by atoms with van der Waals surface area (Å²) in [5, 5.41) is 0. The summed E-state index contributed by atoms with van der Waals surface area (Å²) in [5.74, 6) is 1.06. The average Bonchev–Trinajstić information content (AvgIpc) is 2.82. The number of rotatable bonds is 5. The summed E-state index contributed by atoms with van der Waals surface area (Å²) < 4.78 is 0. The quantitative estimate of drug-likeness (QED) is 0.906. The van der Waals surface area contributed by atoms with Crippen molar-refractivity contribution >= 4 is 5.91 Å². The van der Waals surface area contributed by atoms with Crippen molar-refractivity contribution in [3.05, 3.63) is 17.7 Å². The highest BCUT2D eigenvalue weighted by Crippen LogP contribution is 2.11. The third-order valence-electron chi connectivity index (χ3n) is 4.16. The van der Waals surface area contributed by atoms with Crippen LogP contribution in [0.3, 0.4) is 0 Å². The van der Waals surface area contributed by atoms with Crippen molar-refractivity contribution in [2.24, 2.45) is 0 Å². The van der Waals surface area contributed by atoms with Gasteiger partial charge >= 0.3 is 0 Å². The molecule has 0 radical (unpaired) electrons. The Morgan fingerprint density at radius 2 is 1.95 bits per heavy atom. The average molecular weight is 292 g/mol. The molecule has 118 valence electrons. The molecule has 5 nitrogen and oxygen atoms in total. The fraction of sp³-hybridized carbons (Fsp3) is 0.750. The number of aromatic amines is 1. The second-order valence-electron chi connectivity index (χ2n) is 6.12. The predicted molar refractivity (Wildman–Crippen MR) is 83.9 cm³/mol. The molecule has 1 N–H and O–H groups in total. The minimum absolute atomic E-state index is 0.200. The minimum atomic E-state index is 0.200. The minimum Gasteiger partial charge on any atom is -0.345 e. The van der Waals surface area contributed by atoms with Gasteiger partial charge in [-0.2, -0.15) is 0 Å². The van der Waals surface area contributed by atoms with E-state index in [2.05, 4.69) is 14.9 Å². The number of carbonyl (C=O) groups is 1. The summed E-state index contributed by atoms with van der Waals surface area (Å²) in [4.78, 5) is 23.8. The van der Waals surface area contributed by atoms with Gasteiger partial charge in [0.2, 0.25) is 5.91 Å². The predicted octanol–water partition coefficient (Wildman–Crippen LogP) is 2.33. The van der Waals surface area contributed by atoms with Crippen LogP contribution in [0.5, 0.6) is 0 Å². The second-order valence-corrected chi connectivity index (χ2v) is 6.12. The van der Waals surface area contributed by atoms with Gasteiger partial charge in [-0.05, 0) is 32.9 Å². The molecule has 1 aromatic heterocycles. The topological polar surface area (TPSA) is 52.2 Å². The van der Waals surface area contributed by atoms with E-state index in [1.54, 1.807) is 11.1 Å². The maximum atomic E-state index is 12.2. The maximum Gasteiger partial charge on any atom is 0.224 e. The lowest BCUT2D eigenvalue weighted by molar-refractivity contribution is -0.130. The highest BCUT2D eigenvalue weighted by molar-refractivity contribution is 5.75. The molecule has 0 atom stereocenters. The molecule has 0 spiro atoms. The smallest absolute Gasteiger partial charge is 0.224 e. The Morgan fingerprint density at radius 3 is 2.57 bits per heavy atom. The number of nitrogens with zero attached hydrogens (tertiary/aromatic N) is 3.